The third kappa shape index (κ3) is 6.48. The molecule has 1 amide bonds. The summed E-state index contributed by atoms with van der Waals surface area (Å²) in [5, 5.41) is 9.68. The summed E-state index contributed by atoms with van der Waals surface area (Å²) in [6.07, 6.45) is 2.99. The smallest absolute Gasteiger partial charge is 0.330 e. The van der Waals surface area contributed by atoms with E-state index in [0.717, 1.165) is 27.9 Å². The van der Waals surface area contributed by atoms with Crippen molar-refractivity contribution in [2.45, 2.75) is 6.54 Å². The zero-order valence-electron chi connectivity index (χ0n) is 21.7. The van der Waals surface area contributed by atoms with Crippen LogP contribution >= 0.6 is 0 Å². The number of rotatable bonds is 8. The van der Waals surface area contributed by atoms with E-state index in [-0.39, 0.29) is 11.7 Å². The third-order valence-corrected chi connectivity index (χ3v) is 6.17. The molecule has 0 saturated carbocycles. The Kier molecular flexibility index (Phi) is 8.23. The van der Waals surface area contributed by atoms with Crippen LogP contribution in [0.4, 0.5) is 11.4 Å². The van der Waals surface area contributed by atoms with Gasteiger partial charge in [-0.2, -0.15) is 0 Å². The maximum Gasteiger partial charge on any atom is 0.330 e. The van der Waals surface area contributed by atoms with Gasteiger partial charge in [-0.25, -0.2) is 4.79 Å². The Morgan fingerprint density at radius 3 is 2.05 bits per heavy atom. The molecule has 0 aliphatic rings. The molecule has 4 rings (SSSR count). The second kappa shape index (κ2) is 11.9. The van der Waals surface area contributed by atoms with Crippen molar-refractivity contribution in [1.82, 2.24) is 0 Å². The number of hydrogen-bond acceptors (Lipinski definition) is 5. The molecule has 0 spiro atoms. The lowest BCUT2D eigenvalue weighted by Crippen LogP contribution is -2.30. The molecular weight excluding hydrogens is 476 g/mol. The van der Waals surface area contributed by atoms with Crippen molar-refractivity contribution in [3.8, 4) is 16.9 Å². The van der Waals surface area contributed by atoms with Crippen molar-refractivity contribution in [1.29, 1.82) is 0 Å². The number of aromatic hydroxyl groups is 1. The van der Waals surface area contributed by atoms with Gasteiger partial charge in [0.05, 0.1) is 13.7 Å². The van der Waals surface area contributed by atoms with Crippen LogP contribution < -0.4 is 9.80 Å². The molecule has 4 aromatic carbocycles. The first-order valence-electron chi connectivity index (χ1n) is 12.2. The minimum Gasteiger partial charge on any atom is -0.508 e. The third-order valence-electron chi connectivity index (χ3n) is 6.17. The van der Waals surface area contributed by atoms with E-state index in [1.54, 1.807) is 23.1 Å². The average molecular weight is 507 g/mol. The Bertz CT molecular complexity index is 1420. The predicted molar refractivity (Wildman–Crippen MR) is 152 cm³/mol. The summed E-state index contributed by atoms with van der Waals surface area (Å²) in [6, 6.07) is 30.1. The van der Waals surface area contributed by atoms with Crippen molar-refractivity contribution in [3.63, 3.8) is 0 Å². The Hall–Kier alpha value is -4.84. The minimum atomic E-state index is -0.455. The quantitative estimate of drug-likeness (QED) is 0.229. The van der Waals surface area contributed by atoms with E-state index in [0.29, 0.717) is 17.8 Å². The Morgan fingerprint density at radius 1 is 0.816 bits per heavy atom. The van der Waals surface area contributed by atoms with Gasteiger partial charge in [0.25, 0.3) is 5.91 Å². The first kappa shape index (κ1) is 26.2. The molecule has 6 nitrogen and oxygen atoms in total. The number of esters is 1. The van der Waals surface area contributed by atoms with Crippen LogP contribution in [0.5, 0.6) is 5.75 Å². The van der Waals surface area contributed by atoms with Gasteiger partial charge < -0.3 is 19.6 Å². The normalized spacial score (nSPS) is 10.8. The number of phenols is 1. The molecular formula is C32H30N2O4. The highest BCUT2D eigenvalue weighted by atomic mass is 16.5. The number of nitrogens with zero attached hydrogens (tertiary/aromatic N) is 2. The van der Waals surface area contributed by atoms with Crippen LogP contribution in [0.15, 0.2) is 103 Å². The molecule has 0 heterocycles. The molecule has 0 atom stereocenters. The number of carbonyl (C=O) groups excluding carboxylic acids is 2. The number of amides is 1. The van der Waals surface area contributed by atoms with Gasteiger partial charge in [-0.05, 0) is 76.9 Å². The topological polar surface area (TPSA) is 70.1 Å². The fraction of sp³-hybridized carbons (Fsp3) is 0.125. The van der Waals surface area contributed by atoms with Gasteiger partial charge in [-0.15, -0.1) is 0 Å². The first-order valence-corrected chi connectivity index (χ1v) is 12.2. The van der Waals surface area contributed by atoms with Gasteiger partial charge in [0.1, 0.15) is 5.75 Å². The lowest BCUT2D eigenvalue weighted by molar-refractivity contribution is -0.134. The van der Waals surface area contributed by atoms with Crippen LogP contribution in [0, 0.1) is 0 Å². The molecule has 0 bridgehead atoms. The molecule has 38 heavy (non-hydrogen) atoms. The molecule has 4 aromatic rings. The van der Waals surface area contributed by atoms with E-state index in [2.05, 4.69) is 46.0 Å². The van der Waals surface area contributed by atoms with Gasteiger partial charge in [0.15, 0.2) is 0 Å². The molecule has 0 unspecified atom stereocenters. The summed E-state index contributed by atoms with van der Waals surface area (Å²) in [5.41, 5.74) is 6.19. The fourth-order valence-corrected chi connectivity index (χ4v) is 4.01. The number of anilines is 2. The lowest BCUT2D eigenvalue weighted by Gasteiger charge is -2.24. The molecule has 6 heteroatoms. The Labute approximate surface area is 223 Å². The number of ether oxygens (including phenoxy) is 1. The lowest BCUT2D eigenvalue weighted by atomic mass is 10.0. The van der Waals surface area contributed by atoms with Gasteiger partial charge in [-0.3, -0.25) is 4.79 Å². The summed E-state index contributed by atoms with van der Waals surface area (Å²) in [6.45, 7) is 0.337. The van der Waals surface area contributed by atoms with E-state index in [1.165, 1.54) is 25.3 Å². The minimum absolute atomic E-state index is 0.0947. The van der Waals surface area contributed by atoms with Gasteiger partial charge in [-0.1, -0.05) is 48.5 Å². The first-order chi connectivity index (χ1) is 18.3. The number of carbonyl (C=O) groups is 2. The van der Waals surface area contributed by atoms with Crippen molar-refractivity contribution in [2.24, 2.45) is 0 Å². The van der Waals surface area contributed by atoms with E-state index >= 15 is 0 Å². The fourth-order valence-electron chi connectivity index (χ4n) is 4.01. The van der Waals surface area contributed by atoms with Crippen LogP contribution in [0.25, 0.3) is 17.2 Å². The number of hydrogen-bond donors (Lipinski definition) is 1. The standard InChI is InChI=1S/C32H30N2O4/c1-33(2)28-16-12-26(13-17-28)25-10-7-24(8-11-25)22-34(32(37)27-14-18-30(35)19-15-27)29-6-4-5-23(21-29)9-20-31(36)38-3/h4-21,35H,22H2,1-3H3/b20-9+. The average Bonchev–Trinajstić information content (AvgIpc) is 2.95. The largest absolute Gasteiger partial charge is 0.508 e. The number of methoxy groups -OCH3 is 1. The van der Waals surface area contributed by atoms with E-state index in [4.69, 9.17) is 0 Å². The monoisotopic (exact) mass is 506 g/mol. The van der Waals surface area contributed by atoms with E-state index in [9.17, 15) is 14.7 Å². The summed E-state index contributed by atoms with van der Waals surface area (Å²) < 4.78 is 4.68. The van der Waals surface area contributed by atoms with Crippen molar-refractivity contribution >= 4 is 29.3 Å². The zero-order chi connectivity index (χ0) is 27.1. The molecule has 0 aliphatic carbocycles. The Balaban J connectivity index is 1.63. The highest BCUT2D eigenvalue weighted by molar-refractivity contribution is 6.06. The van der Waals surface area contributed by atoms with Crippen molar-refractivity contribution in [2.75, 3.05) is 31.0 Å². The molecule has 0 saturated heterocycles. The zero-order valence-corrected chi connectivity index (χ0v) is 21.7. The van der Waals surface area contributed by atoms with Crippen LogP contribution in [-0.4, -0.2) is 38.2 Å². The summed E-state index contributed by atoms with van der Waals surface area (Å²) in [5.74, 6) is -0.566. The van der Waals surface area contributed by atoms with Crippen molar-refractivity contribution in [3.05, 3.63) is 120 Å². The summed E-state index contributed by atoms with van der Waals surface area (Å²) >= 11 is 0. The van der Waals surface area contributed by atoms with E-state index < -0.39 is 5.97 Å². The maximum atomic E-state index is 13.6. The second-order valence-corrected chi connectivity index (χ2v) is 9.03. The number of benzene rings is 4. The summed E-state index contributed by atoms with van der Waals surface area (Å²) in [7, 11) is 5.35. The highest BCUT2D eigenvalue weighted by Gasteiger charge is 2.19. The highest BCUT2D eigenvalue weighted by Crippen LogP contribution is 2.26. The SMILES string of the molecule is COC(=O)/C=C/c1cccc(N(Cc2ccc(-c3ccc(N(C)C)cc3)cc2)C(=O)c2ccc(O)cc2)c1. The van der Waals surface area contributed by atoms with Gasteiger partial charge >= 0.3 is 5.97 Å². The molecule has 1 N–H and O–H groups in total. The second-order valence-electron chi connectivity index (χ2n) is 9.03. The predicted octanol–water partition coefficient (Wildman–Crippen LogP) is 6.16. The summed E-state index contributed by atoms with van der Waals surface area (Å²) in [4.78, 5) is 28.9. The molecule has 0 fully saturated rings. The number of phenolic OH excluding ortho intramolecular Hbond substituents is 1. The molecule has 0 aromatic heterocycles. The Morgan fingerprint density at radius 2 is 1.45 bits per heavy atom. The maximum absolute atomic E-state index is 13.6. The van der Waals surface area contributed by atoms with Crippen molar-refractivity contribution < 1.29 is 19.4 Å². The van der Waals surface area contributed by atoms with Crippen LogP contribution in [0.3, 0.4) is 0 Å². The molecule has 192 valence electrons. The molecule has 0 radical (unpaired) electrons. The van der Waals surface area contributed by atoms with Crippen LogP contribution in [0.1, 0.15) is 21.5 Å². The van der Waals surface area contributed by atoms with E-state index in [1.807, 2.05) is 50.5 Å². The molecule has 0 aliphatic heterocycles. The van der Waals surface area contributed by atoms with Gasteiger partial charge in [0, 0.05) is 37.1 Å². The van der Waals surface area contributed by atoms with Crippen LogP contribution in [-0.2, 0) is 16.1 Å². The van der Waals surface area contributed by atoms with Crippen LogP contribution in [0.2, 0.25) is 0 Å². The van der Waals surface area contributed by atoms with Gasteiger partial charge in [0.2, 0.25) is 0 Å².